The number of aromatic nitrogens is 2. The summed E-state index contributed by atoms with van der Waals surface area (Å²) in [4.78, 5) is 11.3. The molecule has 8 heteroatoms. The minimum Gasteiger partial charge on any atom is -0.496 e. The highest BCUT2D eigenvalue weighted by Gasteiger charge is 2.17. The molecule has 0 radical (unpaired) electrons. The van der Waals surface area contributed by atoms with E-state index in [9.17, 15) is 4.21 Å². The zero-order valence-corrected chi connectivity index (χ0v) is 21.2. The van der Waals surface area contributed by atoms with Gasteiger partial charge < -0.3 is 19.7 Å². The maximum Gasteiger partial charge on any atom is 0.141 e. The van der Waals surface area contributed by atoms with Crippen LogP contribution in [0.4, 0.5) is 11.5 Å². The Labute approximate surface area is 213 Å². The molecule has 0 saturated carbocycles. The number of anilines is 2. The lowest BCUT2D eigenvalue weighted by Crippen LogP contribution is -2.38. The maximum atomic E-state index is 11.7. The number of methoxy groups -OCH3 is 1. The molecular formula is C28H30N4O3S. The van der Waals surface area contributed by atoms with Crippen molar-refractivity contribution in [3.63, 3.8) is 0 Å². The molecule has 1 aromatic heterocycles. The quantitative estimate of drug-likeness (QED) is 0.359. The van der Waals surface area contributed by atoms with Crippen LogP contribution in [0, 0.1) is 0 Å². The summed E-state index contributed by atoms with van der Waals surface area (Å²) in [5, 5.41) is 4.37. The molecule has 1 aliphatic rings. The molecule has 3 aromatic carbocycles. The Morgan fingerprint density at radius 3 is 2.53 bits per heavy atom. The summed E-state index contributed by atoms with van der Waals surface area (Å²) in [6.07, 6.45) is 2.41. The average Bonchev–Trinajstić information content (AvgIpc) is 2.92. The molecule has 7 nitrogen and oxygen atoms in total. The number of hydrogen-bond acceptors (Lipinski definition) is 7. The predicted molar refractivity (Wildman–Crippen MR) is 145 cm³/mol. The van der Waals surface area contributed by atoms with Crippen molar-refractivity contribution in [3.8, 4) is 11.5 Å². The van der Waals surface area contributed by atoms with E-state index in [4.69, 9.17) is 9.47 Å². The number of rotatable bonds is 9. The highest BCUT2D eigenvalue weighted by atomic mass is 32.2. The minimum absolute atomic E-state index is 0.532. The molecule has 2 heterocycles. The second kappa shape index (κ2) is 11.5. The number of hydrogen-bond donors (Lipinski definition) is 1. The summed E-state index contributed by atoms with van der Waals surface area (Å²) in [7, 11) is 1.02. The largest absolute Gasteiger partial charge is 0.496 e. The summed E-state index contributed by atoms with van der Waals surface area (Å²) in [5.74, 6) is 3.90. The zero-order valence-electron chi connectivity index (χ0n) is 20.4. The third-order valence-electron chi connectivity index (χ3n) is 6.37. The first-order valence-corrected chi connectivity index (χ1v) is 13.6. The monoisotopic (exact) mass is 502 g/mol. The summed E-state index contributed by atoms with van der Waals surface area (Å²) in [6, 6.07) is 22.1. The van der Waals surface area contributed by atoms with Gasteiger partial charge in [0, 0.05) is 59.1 Å². The Balaban J connectivity index is 1.30. The second-order valence-corrected chi connectivity index (χ2v) is 10.5. The van der Waals surface area contributed by atoms with E-state index in [2.05, 4.69) is 26.3 Å². The molecule has 0 atom stereocenters. The van der Waals surface area contributed by atoms with Gasteiger partial charge in [0.1, 0.15) is 30.3 Å². The van der Waals surface area contributed by atoms with Gasteiger partial charge in [-0.3, -0.25) is 4.21 Å². The third-order valence-corrected chi connectivity index (χ3v) is 7.65. The molecule has 0 unspecified atom stereocenters. The van der Waals surface area contributed by atoms with Crippen LogP contribution in [0.25, 0.3) is 10.9 Å². The van der Waals surface area contributed by atoms with Crippen LogP contribution >= 0.6 is 0 Å². The summed E-state index contributed by atoms with van der Waals surface area (Å²) >= 11 is 0. The van der Waals surface area contributed by atoms with Crippen LogP contribution < -0.4 is 14.8 Å². The van der Waals surface area contributed by atoms with Gasteiger partial charge in [0.2, 0.25) is 0 Å². The first-order chi connectivity index (χ1) is 17.7. The van der Waals surface area contributed by atoms with Crippen molar-refractivity contribution in [2.24, 2.45) is 0 Å². The van der Waals surface area contributed by atoms with Gasteiger partial charge in [0.25, 0.3) is 0 Å². The Morgan fingerprint density at radius 1 is 1.00 bits per heavy atom. The first-order valence-electron chi connectivity index (χ1n) is 12.1. The van der Waals surface area contributed by atoms with E-state index in [0.717, 1.165) is 82.6 Å². The number of nitrogens with one attached hydrogen (secondary N) is 1. The van der Waals surface area contributed by atoms with E-state index in [1.807, 2.05) is 60.7 Å². The topological polar surface area (TPSA) is 76.6 Å². The van der Waals surface area contributed by atoms with Crippen molar-refractivity contribution in [2.75, 3.05) is 43.6 Å². The van der Waals surface area contributed by atoms with E-state index in [0.29, 0.717) is 6.61 Å². The number of ether oxygens (including phenoxy) is 2. The SMILES string of the molecule is COc1cc2ncnc(Nc3ccc(OCc4ccccc4)cc3)c2cc1CCN1CCS(=O)CC1. The number of fused-ring (bicyclic) bond motifs is 1. The van der Waals surface area contributed by atoms with Crippen molar-refractivity contribution in [1.82, 2.24) is 14.9 Å². The summed E-state index contributed by atoms with van der Waals surface area (Å²) < 4.78 is 23.2. The molecule has 1 N–H and O–H groups in total. The van der Waals surface area contributed by atoms with Gasteiger partial charge in [-0.15, -0.1) is 0 Å². The second-order valence-electron chi connectivity index (χ2n) is 8.77. The number of nitrogens with zero attached hydrogens (tertiary/aromatic N) is 3. The molecule has 1 saturated heterocycles. The fraction of sp³-hybridized carbons (Fsp3) is 0.286. The lowest BCUT2D eigenvalue weighted by atomic mass is 10.1. The molecule has 0 aliphatic carbocycles. The van der Waals surface area contributed by atoms with Crippen LogP contribution in [0.1, 0.15) is 11.1 Å². The zero-order chi connectivity index (χ0) is 24.7. The molecule has 1 aliphatic heterocycles. The minimum atomic E-state index is -0.667. The van der Waals surface area contributed by atoms with Crippen molar-refractivity contribution < 1.29 is 13.7 Å². The predicted octanol–water partition coefficient (Wildman–Crippen LogP) is 4.57. The summed E-state index contributed by atoms with van der Waals surface area (Å²) in [6.45, 7) is 3.19. The first kappa shape index (κ1) is 24.2. The molecule has 1 fully saturated rings. The Kier molecular flexibility index (Phi) is 7.73. The van der Waals surface area contributed by atoms with E-state index < -0.39 is 10.8 Å². The summed E-state index contributed by atoms with van der Waals surface area (Å²) in [5.41, 5.74) is 3.98. The van der Waals surface area contributed by atoms with Gasteiger partial charge in [0.05, 0.1) is 12.6 Å². The Hall–Kier alpha value is -3.49. The Bertz CT molecular complexity index is 1320. The van der Waals surface area contributed by atoms with Crippen LogP contribution in [-0.2, 0) is 23.8 Å². The fourth-order valence-corrected chi connectivity index (χ4v) is 5.43. The Morgan fingerprint density at radius 2 is 1.78 bits per heavy atom. The fourth-order valence-electron chi connectivity index (χ4n) is 4.30. The van der Waals surface area contributed by atoms with E-state index in [1.165, 1.54) is 0 Å². The van der Waals surface area contributed by atoms with Crippen molar-refractivity contribution in [1.29, 1.82) is 0 Å². The lowest BCUT2D eigenvalue weighted by molar-refractivity contribution is 0.301. The van der Waals surface area contributed by atoms with Crippen molar-refractivity contribution >= 4 is 33.2 Å². The maximum absolute atomic E-state index is 11.7. The molecule has 0 bridgehead atoms. The highest BCUT2D eigenvalue weighted by Crippen LogP contribution is 2.30. The van der Waals surface area contributed by atoms with Gasteiger partial charge in [-0.2, -0.15) is 0 Å². The van der Waals surface area contributed by atoms with Crippen LogP contribution in [0.5, 0.6) is 11.5 Å². The van der Waals surface area contributed by atoms with Crippen LogP contribution in [0.2, 0.25) is 0 Å². The average molecular weight is 503 g/mol. The lowest BCUT2D eigenvalue weighted by Gasteiger charge is -2.26. The number of benzene rings is 3. The van der Waals surface area contributed by atoms with Crippen molar-refractivity contribution in [2.45, 2.75) is 13.0 Å². The molecule has 0 spiro atoms. The van der Waals surface area contributed by atoms with Gasteiger partial charge in [-0.1, -0.05) is 30.3 Å². The van der Waals surface area contributed by atoms with Gasteiger partial charge in [-0.25, -0.2) is 9.97 Å². The van der Waals surface area contributed by atoms with Gasteiger partial charge in [-0.05, 0) is 47.9 Å². The van der Waals surface area contributed by atoms with Crippen LogP contribution in [-0.4, -0.2) is 57.3 Å². The van der Waals surface area contributed by atoms with Gasteiger partial charge in [0.15, 0.2) is 0 Å². The van der Waals surface area contributed by atoms with E-state index in [1.54, 1.807) is 13.4 Å². The smallest absolute Gasteiger partial charge is 0.141 e. The molecular weight excluding hydrogens is 472 g/mol. The standard InChI is InChI=1S/C28H30N4O3S/c1-34-27-18-26-25(17-22(27)11-12-32-13-15-36(33)16-14-32)28(30-20-29-26)31-23-7-9-24(10-8-23)35-19-21-5-3-2-4-6-21/h2-10,17-18,20H,11-16,19H2,1H3,(H,29,30,31). The molecule has 4 aromatic rings. The molecule has 0 amide bonds. The normalized spacial score (nSPS) is 14.6. The molecule has 186 valence electrons. The van der Waals surface area contributed by atoms with Crippen molar-refractivity contribution in [3.05, 3.63) is 84.2 Å². The van der Waals surface area contributed by atoms with Crippen LogP contribution in [0.15, 0.2) is 73.1 Å². The van der Waals surface area contributed by atoms with E-state index in [-0.39, 0.29) is 0 Å². The highest BCUT2D eigenvalue weighted by molar-refractivity contribution is 7.85. The van der Waals surface area contributed by atoms with Crippen LogP contribution in [0.3, 0.4) is 0 Å². The third kappa shape index (κ3) is 6.01. The van der Waals surface area contributed by atoms with E-state index >= 15 is 0 Å². The van der Waals surface area contributed by atoms with Gasteiger partial charge >= 0.3 is 0 Å². The molecule has 36 heavy (non-hydrogen) atoms. The molecule has 5 rings (SSSR count).